The van der Waals surface area contributed by atoms with Crippen molar-refractivity contribution in [3.8, 4) is 0 Å². The topological polar surface area (TPSA) is 24.9 Å². The van der Waals surface area contributed by atoms with Gasteiger partial charge in [-0.25, -0.2) is 4.39 Å². The zero-order chi connectivity index (χ0) is 14.8. The van der Waals surface area contributed by atoms with E-state index in [2.05, 4.69) is 10.3 Å². The lowest BCUT2D eigenvalue weighted by atomic mass is 10.1. The summed E-state index contributed by atoms with van der Waals surface area (Å²) >= 11 is 0. The van der Waals surface area contributed by atoms with Gasteiger partial charge in [-0.15, -0.1) is 0 Å². The van der Waals surface area contributed by atoms with Crippen LogP contribution >= 0.6 is 0 Å². The minimum Gasteiger partial charge on any atom is -0.379 e. The molecule has 0 aliphatic rings. The molecule has 0 aliphatic carbocycles. The van der Waals surface area contributed by atoms with Crippen LogP contribution in [0.15, 0.2) is 48.5 Å². The molecular formula is C18H17FN2. The first-order valence-electron chi connectivity index (χ1n) is 6.99. The summed E-state index contributed by atoms with van der Waals surface area (Å²) in [5, 5.41) is 4.29. The third-order valence-corrected chi connectivity index (χ3v) is 3.52. The third kappa shape index (κ3) is 2.87. The van der Waals surface area contributed by atoms with Crippen molar-refractivity contribution in [2.45, 2.75) is 20.4 Å². The number of aromatic nitrogens is 1. The highest BCUT2D eigenvalue weighted by atomic mass is 19.1. The molecule has 0 amide bonds. The van der Waals surface area contributed by atoms with Gasteiger partial charge in [0.05, 0.1) is 11.2 Å². The van der Waals surface area contributed by atoms with E-state index in [4.69, 9.17) is 0 Å². The molecule has 1 N–H and O–H groups in total. The molecule has 1 aromatic heterocycles. The van der Waals surface area contributed by atoms with Gasteiger partial charge in [0.25, 0.3) is 0 Å². The fraction of sp³-hybridized carbons (Fsp3) is 0.167. The van der Waals surface area contributed by atoms with E-state index < -0.39 is 0 Å². The molecule has 0 fully saturated rings. The van der Waals surface area contributed by atoms with Gasteiger partial charge in [0.2, 0.25) is 0 Å². The molecule has 0 saturated carbocycles. The molecule has 0 aliphatic heterocycles. The van der Waals surface area contributed by atoms with Crippen molar-refractivity contribution in [2.24, 2.45) is 0 Å². The van der Waals surface area contributed by atoms with E-state index in [0.29, 0.717) is 12.2 Å². The SMILES string of the molecule is Cc1ccc(F)c(NCc2cc(C)nc3ccccc23)c1. The van der Waals surface area contributed by atoms with Crippen LogP contribution in [-0.4, -0.2) is 4.98 Å². The third-order valence-electron chi connectivity index (χ3n) is 3.52. The Morgan fingerprint density at radius 3 is 2.71 bits per heavy atom. The van der Waals surface area contributed by atoms with Gasteiger partial charge in [-0.2, -0.15) is 0 Å². The molecule has 3 rings (SSSR count). The molecule has 0 radical (unpaired) electrons. The van der Waals surface area contributed by atoms with Crippen molar-refractivity contribution in [3.63, 3.8) is 0 Å². The molecule has 3 aromatic rings. The molecule has 3 heteroatoms. The van der Waals surface area contributed by atoms with Crippen LogP contribution in [-0.2, 0) is 6.54 Å². The Hall–Kier alpha value is -2.42. The Bertz CT molecular complexity index is 796. The first kappa shape index (κ1) is 13.6. The Morgan fingerprint density at radius 1 is 1.05 bits per heavy atom. The van der Waals surface area contributed by atoms with E-state index in [1.54, 1.807) is 6.07 Å². The maximum Gasteiger partial charge on any atom is 0.146 e. The summed E-state index contributed by atoms with van der Waals surface area (Å²) in [7, 11) is 0. The van der Waals surface area contributed by atoms with Crippen molar-refractivity contribution in [1.82, 2.24) is 4.98 Å². The molecule has 21 heavy (non-hydrogen) atoms. The number of halogens is 1. The van der Waals surface area contributed by atoms with Crippen LogP contribution in [0, 0.1) is 19.7 Å². The van der Waals surface area contributed by atoms with Gasteiger partial charge in [0.15, 0.2) is 0 Å². The molecule has 2 nitrogen and oxygen atoms in total. The zero-order valence-electron chi connectivity index (χ0n) is 12.2. The molecule has 0 bridgehead atoms. The largest absolute Gasteiger partial charge is 0.379 e. The second kappa shape index (κ2) is 5.52. The maximum atomic E-state index is 13.8. The van der Waals surface area contributed by atoms with Crippen molar-refractivity contribution >= 4 is 16.6 Å². The van der Waals surface area contributed by atoms with Gasteiger partial charge in [0.1, 0.15) is 5.82 Å². The minimum atomic E-state index is -0.226. The number of hydrogen-bond donors (Lipinski definition) is 1. The summed E-state index contributed by atoms with van der Waals surface area (Å²) in [6.45, 7) is 4.50. The average Bonchev–Trinajstić information content (AvgIpc) is 2.47. The highest BCUT2D eigenvalue weighted by Gasteiger charge is 2.06. The lowest BCUT2D eigenvalue weighted by Gasteiger charge is -2.11. The second-order valence-corrected chi connectivity index (χ2v) is 5.28. The van der Waals surface area contributed by atoms with Gasteiger partial charge in [-0.1, -0.05) is 24.3 Å². The number of hydrogen-bond acceptors (Lipinski definition) is 2. The van der Waals surface area contributed by atoms with Crippen molar-refractivity contribution < 1.29 is 4.39 Å². The Kier molecular flexibility index (Phi) is 3.57. The molecule has 106 valence electrons. The van der Waals surface area contributed by atoms with Gasteiger partial charge >= 0.3 is 0 Å². The first-order valence-corrected chi connectivity index (χ1v) is 6.99. The standard InChI is InChI=1S/C18H17FN2/c1-12-7-8-16(19)18(9-12)20-11-14-10-13(2)21-17-6-4-3-5-15(14)17/h3-10,20H,11H2,1-2H3. The average molecular weight is 280 g/mol. The highest BCUT2D eigenvalue weighted by molar-refractivity contribution is 5.82. The number of aryl methyl sites for hydroxylation is 2. The maximum absolute atomic E-state index is 13.8. The summed E-state index contributed by atoms with van der Waals surface area (Å²) in [5.41, 5.74) is 4.64. The first-order chi connectivity index (χ1) is 10.1. The van der Waals surface area contributed by atoms with Crippen molar-refractivity contribution in [1.29, 1.82) is 0 Å². The van der Waals surface area contributed by atoms with E-state index in [-0.39, 0.29) is 5.82 Å². The number of nitrogens with one attached hydrogen (secondary N) is 1. The van der Waals surface area contributed by atoms with E-state index in [1.165, 1.54) is 6.07 Å². The molecule has 2 aromatic carbocycles. The van der Waals surface area contributed by atoms with Crippen molar-refractivity contribution in [3.05, 3.63) is 71.2 Å². The van der Waals surface area contributed by atoms with Crippen molar-refractivity contribution in [2.75, 3.05) is 5.32 Å². The lowest BCUT2D eigenvalue weighted by molar-refractivity contribution is 0.629. The monoisotopic (exact) mass is 280 g/mol. The number of nitrogens with zero attached hydrogens (tertiary/aromatic N) is 1. The van der Waals surface area contributed by atoms with Crippen LogP contribution in [0.25, 0.3) is 10.9 Å². The number of anilines is 1. The van der Waals surface area contributed by atoms with E-state index in [9.17, 15) is 4.39 Å². The fourth-order valence-electron chi connectivity index (χ4n) is 2.51. The lowest BCUT2D eigenvalue weighted by Crippen LogP contribution is -2.03. The quantitative estimate of drug-likeness (QED) is 0.758. The summed E-state index contributed by atoms with van der Waals surface area (Å²) in [4.78, 5) is 4.52. The summed E-state index contributed by atoms with van der Waals surface area (Å²) < 4.78 is 13.8. The number of pyridine rings is 1. The molecule has 0 unspecified atom stereocenters. The van der Waals surface area contributed by atoms with Crippen LogP contribution in [0.5, 0.6) is 0 Å². The summed E-state index contributed by atoms with van der Waals surface area (Å²) in [6, 6.07) is 15.2. The summed E-state index contributed by atoms with van der Waals surface area (Å²) in [6.07, 6.45) is 0. The number of benzene rings is 2. The molecule has 1 heterocycles. The van der Waals surface area contributed by atoms with Crippen LogP contribution in [0.4, 0.5) is 10.1 Å². The zero-order valence-corrected chi connectivity index (χ0v) is 12.2. The molecular weight excluding hydrogens is 263 g/mol. The molecule has 0 atom stereocenters. The Balaban J connectivity index is 1.93. The molecule has 0 saturated heterocycles. The molecule has 0 spiro atoms. The van der Waals surface area contributed by atoms with Crippen LogP contribution in [0.2, 0.25) is 0 Å². The Morgan fingerprint density at radius 2 is 1.86 bits per heavy atom. The normalized spacial score (nSPS) is 10.8. The van der Waals surface area contributed by atoms with E-state index in [0.717, 1.165) is 27.7 Å². The number of rotatable bonds is 3. The summed E-state index contributed by atoms with van der Waals surface area (Å²) in [5.74, 6) is -0.226. The predicted octanol–water partition coefficient (Wildman–Crippen LogP) is 4.60. The van der Waals surface area contributed by atoms with Gasteiger partial charge in [0, 0.05) is 17.6 Å². The highest BCUT2D eigenvalue weighted by Crippen LogP contribution is 2.21. The fourth-order valence-corrected chi connectivity index (χ4v) is 2.51. The van der Waals surface area contributed by atoms with Crippen LogP contribution in [0.3, 0.4) is 0 Å². The second-order valence-electron chi connectivity index (χ2n) is 5.28. The number of fused-ring (bicyclic) bond motifs is 1. The van der Waals surface area contributed by atoms with Gasteiger partial charge in [-0.05, 0) is 49.2 Å². The van der Waals surface area contributed by atoms with Gasteiger partial charge in [-0.3, -0.25) is 4.98 Å². The number of para-hydroxylation sites is 1. The van der Waals surface area contributed by atoms with Gasteiger partial charge < -0.3 is 5.32 Å². The van der Waals surface area contributed by atoms with E-state index in [1.807, 2.05) is 50.2 Å². The van der Waals surface area contributed by atoms with Crippen LogP contribution < -0.4 is 5.32 Å². The Labute approximate surface area is 123 Å². The smallest absolute Gasteiger partial charge is 0.146 e. The van der Waals surface area contributed by atoms with E-state index >= 15 is 0 Å². The van der Waals surface area contributed by atoms with Crippen LogP contribution in [0.1, 0.15) is 16.8 Å². The predicted molar refractivity (Wildman–Crippen MR) is 84.9 cm³/mol. The minimum absolute atomic E-state index is 0.226.